The van der Waals surface area contributed by atoms with Crippen LogP contribution >= 0.6 is 0 Å². The maximum Gasteiger partial charge on any atom is 0.256 e. The van der Waals surface area contributed by atoms with Crippen LogP contribution in [0.1, 0.15) is 11.1 Å². The highest BCUT2D eigenvalue weighted by molar-refractivity contribution is 5.71. The number of nitrogens with zero attached hydrogens (tertiary/aromatic N) is 1. The predicted molar refractivity (Wildman–Crippen MR) is 83.9 cm³/mol. The van der Waals surface area contributed by atoms with Crippen LogP contribution in [-0.2, 0) is 6.42 Å². The molecule has 0 spiro atoms. The predicted octanol–water partition coefficient (Wildman–Crippen LogP) is 0.586. The van der Waals surface area contributed by atoms with Gasteiger partial charge in [0.1, 0.15) is 0 Å². The normalized spacial score (nSPS) is 14.3. The van der Waals surface area contributed by atoms with Crippen LogP contribution in [0.2, 0.25) is 0 Å². The Morgan fingerprint density at radius 2 is 1.90 bits per heavy atom. The van der Waals surface area contributed by atoms with Gasteiger partial charge in [-0.1, -0.05) is 36.4 Å². The zero-order valence-electron chi connectivity index (χ0n) is 12.1. The van der Waals surface area contributed by atoms with Crippen molar-refractivity contribution in [1.29, 1.82) is 0 Å². The molecule has 0 aliphatic heterocycles. The number of hydrogen-bond acceptors (Lipinski definition) is 2. The quantitative estimate of drug-likeness (QED) is 0.827. The summed E-state index contributed by atoms with van der Waals surface area (Å²) < 4.78 is 0. The molecule has 21 heavy (non-hydrogen) atoms. The largest absolute Gasteiger partial charge is 0.377 e. The molecule has 4 rings (SSSR count). The minimum atomic E-state index is 0.00269. The molecule has 0 saturated heterocycles. The van der Waals surface area contributed by atoms with Crippen molar-refractivity contribution < 1.29 is 0 Å². The van der Waals surface area contributed by atoms with Crippen LogP contribution in [0.3, 0.4) is 0 Å². The van der Waals surface area contributed by atoms with Crippen LogP contribution in [0.5, 0.6) is 0 Å². The van der Waals surface area contributed by atoms with Crippen molar-refractivity contribution in [3.05, 3.63) is 78.9 Å². The van der Waals surface area contributed by atoms with E-state index in [-0.39, 0.29) is 5.56 Å². The van der Waals surface area contributed by atoms with Crippen LogP contribution in [-0.4, -0.2) is 24.0 Å². The molecule has 0 fully saturated rings. The van der Waals surface area contributed by atoms with Crippen LogP contribution in [0.15, 0.2) is 41.2 Å². The van der Waals surface area contributed by atoms with Gasteiger partial charge >= 0.3 is 0 Å². The van der Waals surface area contributed by atoms with E-state index < -0.39 is 0 Å². The number of aromatic nitrogens is 1. The molecule has 0 radical (unpaired) electrons. The molecule has 2 aromatic rings. The Balaban J connectivity index is 2.33. The average molecular weight is 276 g/mol. The fourth-order valence-corrected chi connectivity index (χ4v) is 3.37. The lowest BCUT2D eigenvalue weighted by Gasteiger charge is -2.19. The Hall–Kier alpha value is -2.55. The fourth-order valence-electron chi connectivity index (χ4n) is 3.37. The highest BCUT2D eigenvalue weighted by Gasteiger charge is 2.20. The van der Waals surface area contributed by atoms with E-state index in [4.69, 9.17) is 0 Å². The van der Waals surface area contributed by atoms with Gasteiger partial charge in [0.25, 0.3) is 5.56 Å². The number of nitrogens with one attached hydrogen (secondary N) is 1. The Morgan fingerprint density at radius 1 is 1.14 bits per heavy atom. The standard InChI is InChI=1S/C18H16N2O/c1-20(2)17-13-9-5-4-8-12(13)16-15(17)11-7-3-6-10-14(11)18(21)19-16/h3-6,8-10H,7H2,1-2H3,(H,19,21). The number of rotatable bonds is 1. The van der Waals surface area contributed by atoms with E-state index in [9.17, 15) is 4.79 Å². The van der Waals surface area contributed by atoms with E-state index in [1.165, 1.54) is 16.5 Å². The molecule has 0 unspecified atom stereocenters. The topological polar surface area (TPSA) is 36.1 Å². The van der Waals surface area contributed by atoms with E-state index in [2.05, 4.69) is 42.2 Å². The third-order valence-corrected chi connectivity index (χ3v) is 4.22. The second-order valence-corrected chi connectivity index (χ2v) is 5.68. The van der Waals surface area contributed by atoms with Crippen molar-refractivity contribution in [3.63, 3.8) is 0 Å². The lowest BCUT2D eigenvalue weighted by Crippen LogP contribution is -2.34. The van der Waals surface area contributed by atoms with Crippen molar-refractivity contribution >= 4 is 11.8 Å². The van der Waals surface area contributed by atoms with E-state index >= 15 is 0 Å². The van der Waals surface area contributed by atoms with E-state index in [0.717, 1.165) is 27.8 Å². The first-order chi connectivity index (χ1) is 10.2. The molecule has 1 aromatic carbocycles. The Labute approximate surface area is 121 Å². The molecule has 0 saturated carbocycles. The summed E-state index contributed by atoms with van der Waals surface area (Å²) in [6, 6.07) is 8.27. The van der Waals surface area contributed by atoms with Crippen molar-refractivity contribution in [1.82, 2.24) is 9.88 Å². The summed E-state index contributed by atoms with van der Waals surface area (Å²) in [5.41, 5.74) is 3.51. The molecule has 104 valence electrons. The smallest absolute Gasteiger partial charge is 0.256 e. The zero-order valence-corrected chi connectivity index (χ0v) is 12.1. The molecular weight excluding hydrogens is 260 g/mol. The van der Waals surface area contributed by atoms with Crippen LogP contribution in [0.4, 0.5) is 0 Å². The molecule has 1 N–H and O–H groups in total. The molecule has 0 atom stereocenters. The SMILES string of the molecule is CN(C)C1=c2ccccc2=c2[nH]c(=O)c3c(c21)CC=CC=3. The van der Waals surface area contributed by atoms with Crippen molar-refractivity contribution in [2.45, 2.75) is 6.42 Å². The van der Waals surface area contributed by atoms with Crippen molar-refractivity contribution in [2.24, 2.45) is 0 Å². The highest BCUT2D eigenvalue weighted by atomic mass is 16.1. The maximum absolute atomic E-state index is 12.4. The lowest BCUT2D eigenvalue weighted by molar-refractivity contribution is 0.588. The van der Waals surface area contributed by atoms with E-state index in [1.807, 2.05) is 24.3 Å². The Kier molecular flexibility index (Phi) is 2.45. The summed E-state index contributed by atoms with van der Waals surface area (Å²) in [7, 11) is 4.11. The van der Waals surface area contributed by atoms with Gasteiger partial charge in [0.15, 0.2) is 0 Å². The molecule has 1 heterocycles. The van der Waals surface area contributed by atoms with Gasteiger partial charge in [-0.3, -0.25) is 4.79 Å². The second kappa shape index (κ2) is 4.22. The second-order valence-electron chi connectivity index (χ2n) is 5.68. The highest BCUT2D eigenvalue weighted by Crippen LogP contribution is 2.22. The summed E-state index contributed by atoms with van der Waals surface area (Å²) in [5, 5.41) is 4.06. The summed E-state index contributed by atoms with van der Waals surface area (Å²) >= 11 is 0. The third kappa shape index (κ3) is 1.57. The number of benzene rings is 1. The Bertz CT molecular complexity index is 1060. The molecule has 2 aliphatic carbocycles. The number of pyridine rings is 1. The summed E-state index contributed by atoms with van der Waals surface area (Å²) in [5.74, 6) is 0. The number of H-pyrrole nitrogens is 1. The van der Waals surface area contributed by atoms with Gasteiger partial charge in [-0.05, 0) is 18.1 Å². The molecule has 3 heteroatoms. The van der Waals surface area contributed by atoms with E-state index in [0.29, 0.717) is 0 Å². The van der Waals surface area contributed by atoms with Gasteiger partial charge in [-0.15, -0.1) is 0 Å². The molecule has 1 aromatic heterocycles. The number of hydrogen-bond donors (Lipinski definition) is 1. The van der Waals surface area contributed by atoms with Gasteiger partial charge in [0.05, 0.1) is 11.0 Å². The molecule has 0 amide bonds. The summed E-state index contributed by atoms with van der Waals surface area (Å²) in [6.45, 7) is 0. The first-order valence-electron chi connectivity index (χ1n) is 7.12. The Morgan fingerprint density at radius 3 is 2.67 bits per heavy atom. The minimum Gasteiger partial charge on any atom is -0.377 e. The van der Waals surface area contributed by atoms with Gasteiger partial charge in [-0.25, -0.2) is 0 Å². The van der Waals surface area contributed by atoms with Crippen molar-refractivity contribution in [3.8, 4) is 0 Å². The third-order valence-electron chi connectivity index (χ3n) is 4.22. The van der Waals surface area contributed by atoms with Gasteiger partial charge < -0.3 is 9.88 Å². The van der Waals surface area contributed by atoms with Gasteiger partial charge in [0.2, 0.25) is 0 Å². The van der Waals surface area contributed by atoms with Crippen molar-refractivity contribution in [2.75, 3.05) is 14.1 Å². The molecule has 2 aliphatic rings. The summed E-state index contributed by atoms with van der Waals surface area (Å²) in [4.78, 5) is 17.6. The maximum atomic E-state index is 12.4. The average Bonchev–Trinajstić information content (AvgIpc) is 2.82. The van der Waals surface area contributed by atoms with E-state index in [1.54, 1.807) is 0 Å². The molecule has 0 bridgehead atoms. The van der Waals surface area contributed by atoms with Crippen LogP contribution in [0.25, 0.3) is 11.8 Å². The van der Waals surface area contributed by atoms with Gasteiger partial charge in [-0.2, -0.15) is 0 Å². The first kappa shape index (κ1) is 12.2. The molecule has 3 nitrogen and oxygen atoms in total. The van der Waals surface area contributed by atoms with Crippen LogP contribution in [0, 0.1) is 10.6 Å². The number of allylic oxidation sites excluding steroid dienone is 2. The zero-order chi connectivity index (χ0) is 14.6. The van der Waals surface area contributed by atoms with Gasteiger partial charge in [0, 0.05) is 35.3 Å². The van der Waals surface area contributed by atoms with Crippen LogP contribution < -0.4 is 16.0 Å². The minimum absolute atomic E-state index is 0.00269. The fraction of sp³-hybridized carbons (Fsp3) is 0.167. The molecular formula is C18H16N2O. The summed E-state index contributed by atoms with van der Waals surface area (Å²) in [6.07, 6.45) is 6.79. The first-order valence-corrected chi connectivity index (χ1v) is 7.12. The number of aromatic amines is 1. The number of fused-ring (bicyclic) bond motifs is 4. The monoisotopic (exact) mass is 276 g/mol. The lowest BCUT2D eigenvalue weighted by atomic mass is 9.98.